The molecule has 3 aromatic rings. The fraction of sp³-hybridized carbons (Fsp3) is 0.389. The van der Waals surface area contributed by atoms with Crippen molar-refractivity contribution in [2.75, 3.05) is 13.1 Å². The number of piperidine rings is 1. The van der Waals surface area contributed by atoms with Crippen LogP contribution in [0.4, 0.5) is 0 Å². The van der Waals surface area contributed by atoms with Gasteiger partial charge in [-0.05, 0) is 38.8 Å². The summed E-state index contributed by atoms with van der Waals surface area (Å²) in [4.78, 5) is 23.4. The van der Waals surface area contributed by atoms with Crippen molar-refractivity contribution in [2.24, 2.45) is 0 Å². The van der Waals surface area contributed by atoms with Gasteiger partial charge in [-0.3, -0.25) is 4.79 Å². The smallest absolute Gasteiger partial charge is 0.289 e. The van der Waals surface area contributed by atoms with Crippen molar-refractivity contribution in [3.05, 3.63) is 47.9 Å². The van der Waals surface area contributed by atoms with Gasteiger partial charge in [-0.2, -0.15) is 0 Å². The molecular weight excluding hydrogens is 304 g/mol. The fourth-order valence-electron chi connectivity index (χ4n) is 3.43. The summed E-state index contributed by atoms with van der Waals surface area (Å²) in [6, 6.07) is 5.77. The van der Waals surface area contributed by atoms with Crippen LogP contribution in [-0.2, 0) is 0 Å². The Morgan fingerprint density at radius 3 is 3.00 bits per heavy atom. The van der Waals surface area contributed by atoms with Gasteiger partial charge in [0.2, 0.25) is 0 Å². The van der Waals surface area contributed by atoms with Crippen molar-refractivity contribution < 1.29 is 9.21 Å². The SMILES string of the molecule is Cc1ccc2oc(C(=O)N3CCC[C@H](n4ccnc4C)C3)cc2n1. The lowest BCUT2D eigenvalue weighted by atomic mass is 10.1. The minimum atomic E-state index is -0.0619. The maximum absolute atomic E-state index is 12.8. The zero-order valence-corrected chi connectivity index (χ0v) is 13.9. The number of hydrogen-bond acceptors (Lipinski definition) is 4. The minimum absolute atomic E-state index is 0.0619. The largest absolute Gasteiger partial charge is 0.449 e. The molecule has 0 aromatic carbocycles. The Labute approximate surface area is 140 Å². The summed E-state index contributed by atoms with van der Waals surface area (Å²) in [6.45, 7) is 5.36. The van der Waals surface area contributed by atoms with Gasteiger partial charge in [-0.1, -0.05) is 0 Å². The lowest BCUT2D eigenvalue weighted by molar-refractivity contribution is 0.0648. The maximum Gasteiger partial charge on any atom is 0.289 e. The second-order valence-corrected chi connectivity index (χ2v) is 6.38. The Bertz CT molecular complexity index is 895. The van der Waals surface area contributed by atoms with Gasteiger partial charge in [0.25, 0.3) is 5.91 Å². The van der Waals surface area contributed by atoms with Crippen molar-refractivity contribution in [1.82, 2.24) is 19.4 Å². The molecule has 1 fully saturated rings. The second-order valence-electron chi connectivity index (χ2n) is 6.38. The molecule has 0 bridgehead atoms. The Morgan fingerprint density at radius 2 is 2.21 bits per heavy atom. The normalized spacial score (nSPS) is 18.2. The first-order valence-electron chi connectivity index (χ1n) is 8.28. The Kier molecular flexibility index (Phi) is 3.59. The molecule has 124 valence electrons. The number of amides is 1. The number of imidazole rings is 1. The van der Waals surface area contributed by atoms with E-state index in [4.69, 9.17) is 4.42 Å². The standard InChI is InChI=1S/C18H20N4O2/c1-12-5-6-16-15(20-12)10-17(24-16)18(23)21-8-3-4-14(11-21)22-9-7-19-13(22)2/h5-7,9-10,14H,3-4,8,11H2,1-2H3/t14-/m0/s1. The van der Waals surface area contributed by atoms with Crippen molar-refractivity contribution in [3.8, 4) is 0 Å². The number of aromatic nitrogens is 3. The van der Waals surface area contributed by atoms with Crippen LogP contribution < -0.4 is 0 Å². The third-order valence-electron chi connectivity index (χ3n) is 4.66. The van der Waals surface area contributed by atoms with E-state index < -0.39 is 0 Å². The summed E-state index contributed by atoms with van der Waals surface area (Å²) in [6.07, 6.45) is 5.83. The molecule has 0 aliphatic carbocycles. The molecule has 0 spiro atoms. The molecule has 1 aliphatic heterocycles. The molecule has 1 saturated heterocycles. The van der Waals surface area contributed by atoms with Crippen LogP contribution in [0.5, 0.6) is 0 Å². The van der Waals surface area contributed by atoms with Crippen molar-refractivity contribution in [2.45, 2.75) is 32.7 Å². The van der Waals surface area contributed by atoms with Crippen molar-refractivity contribution in [3.63, 3.8) is 0 Å². The number of furan rings is 1. The quantitative estimate of drug-likeness (QED) is 0.726. The zero-order chi connectivity index (χ0) is 16.7. The van der Waals surface area contributed by atoms with E-state index in [0.717, 1.165) is 36.4 Å². The number of carbonyl (C=O) groups excluding carboxylic acids is 1. The molecule has 6 heteroatoms. The van der Waals surface area contributed by atoms with E-state index >= 15 is 0 Å². The predicted molar refractivity (Wildman–Crippen MR) is 89.9 cm³/mol. The van der Waals surface area contributed by atoms with Crippen LogP contribution in [0.15, 0.2) is 35.0 Å². The van der Waals surface area contributed by atoms with Gasteiger partial charge in [-0.15, -0.1) is 0 Å². The van der Waals surface area contributed by atoms with Crippen LogP contribution in [0.2, 0.25) is 0 Å². The molecule has 4 rings (SSSR count). The highest BCUT2D eigenvalue weighted by atomic mass is 16.3. The molecule has 3 aromatic heterocycles. The van der Waals surface area contributed by atoms with E-state index in [1.807, 2.05) is 43.3 Å². The third-order valence-corrected chi connectivity index (χ3v) is 4.66. The van der Waals surface area contributed by atoms with E-state index in [-0.39, 0.29) is 11.9 Å². The monoisotopic (exact) mass is 324 g/mol. The van der Waals surface area contributed by atoms with Gasteiger partial charge in [0.1, 0.15) is 11.3 Å². The molecule has 1 aliphatic rings. The van der Waals surface area contributed by atoms with Gasteiger partial charge in [0, 0.05) is 37.2 Å². The van der Waals surface area contributed by atoms with E-state index in [1.165, 1.54) is 0 Å². The number of hydrogen-bond donors (Lipinski definition) is 0. The van der Waals surface area contributed by atoms with Crippen LogP contribution in [0.3, 0.4) is 0 Å². The maximum atomic E-state index is 12.8. The first-order chi connectivity index (χ1) is 11.6. The molecule has 1 amide bonds. The molecule has 24 heavy (non-hydrogen) atoms. The molecule has 0 saturated carbocycles. The highest BCUT2D eigenvalue weighted by Gasteiger charge is 2.28. The topological polar surface area (TPSA) is 64.2 Å². The summed E-state index contributed by atoms with van der Waals surface area (Å²) in [5.74, 6) is 1.29. The summed E-state index contributed by atoms with van der Waals surface area (Å²) in [5.41, 5.74) is 2.30. The number of nitrogens with zero attached hydrogens (tertiary/aromatic N) is 4. The number of rotatable bonds is 2. The molecular formula is C18H20N4O2. The number of likely N-dealkylation sites (tertiary alicyclic amines) is 1. The number of carbonyl (C=O) groups is 1. The summed E-state index contributed by atoms with van der Waals surface area (Å²) < 4.78 is 7.87. The van der Waals surface area contributed by atoms with E-state index in [9.17, 15) is 4.79 Å². The fourth-order valence-corrected chi connectivity index (χ4v) is 3.43. The van der Waals surface area contributed by atoms with Crippen LogP contribution in [0.1, 0.15) is 41.0 Å². The summed E-state index contributed by atoms with van der Waals surface area (Å²) in [7, 11) is 0. The van der Waals surface area contributed by atoms with Crippen LogP contribution >= 0.6 is 0 Å². The predicted octanol–water partition coefficient (Wildman–Crippen LogP) is 3.12. The highest BCUT2D eigenvalue weighted by molar-refractivity contribution is 5.95. The lowest BCUT2D eigenvalue weighted by Gasteiger charge is -2.33. The van der Waals surface area contributed by atoms with Crippen molar-refractivity contribution >= 4 is 17.0 Å². The molecule has 6 nitrogen and oxygen atoms in total. The van der Waals surface area contributed by atoms with Gasteiger partial charge in [0.15, 0.2) is 11.3 Å². The van der Waals surface area contributed by atoms with Gasteiger partial charge >= 0.3 is 0 Å². The molecule has 0 unspecified atom stereocenters. The first kappa shape index (κ1) is 14.9. The average Bonchev–Trinajstić information content (AvgIpc) is 3.20. The average molecular weight is 324 g/mol. The van der Waals surface area contributed by atoms with Gasteiger partial charge < -0.3 is 13.9 Å². The molecule has 0 N–H and O–H groups in total. The summed E-state index contributed by atoms with van der Waals surface area (Å²) >= 11 is 0. The third kappa shape index (κ3) is 2.58. The Hall–Kier alpha value is -2.63. The van der Waals surface area contributed by atoms with Crippen molar-refractivity contribution in [1.29, 1.82) is 0 Å². The molecule has 0 radical (unpaired) electrons. The number of aryl methyl sites for hydroxylation is 2. The molecule has 4 heterocycles. The lowest BCUT2D eigenvalue weighted by Crippen LogP contribution is -2.40. The Balaban J connectivity index is 1.57. The van der Waals surface area contributed by atoms with E-state index in [2.05, 4.69) is 14.5 Å². The number of fused-ring (bicyclic) bond motifs is 1. The van der Waals surface area contributed by atoms with E-state index in [0.29, 0.717) is 17.9 Å². The van der Waals surface area contributed by atoms with Crippen LogP contribution in [0, 0.1) is 13.8 Å². The summed E-state index contributed by atoms with van der Waals surface area (Å²) in [5, 5.41) is 0. The van der Waals surface area contributed by atoms with Gasteiger partial charge in [-0.25, -0.2) is 9.97 Å². The second kappa shape index (κ2) is 5.78. The van der Waals surface area contributed by atoms with Gasteiger partial charge in [0.05, 0.1) is 6.04 Å². The Morgan fingerprint density at radius 1 is 1.33 bits per heavy atom. The first-order valence-corrected chi connectivity index (χ1v) is 8.28. The van der Waals surface area contributed by atoms with E-state index in [1.54, 1.807) is 6.07 Å². The minimum Gasteiger partial charge on any atom is -0.449 e. The van der Waals surface area contributed by atoms with Crippen LogP contribution in [0.25, 0.3) is 11.1 Å². The highest BCUT2D eigenvalue weighted by Crippen LogP contribution is 2.25. The van der Waals surface area contributed by atoms with Crippen LogP contribution in [-0.4, -0.2) is 38.4 Å². The zero-order valence-electron chi connectivity index (χ0n) is 13.9. The molecule has 1 atom stereocenters. The number of pyridine rings is 1.